The molecule has 21 heavy (non-hydrogen) atoms. The molecule has 0 aliphatic heterocycles. The quantitative estimate of drug-likeness (QED) is 0.805. The van der Waals surface area contributed by atoms with Crippen LogP contribution in [0.5, 0.6) is 0 Å². The first kappa shape index (κ1) is 16.0. The normalized spacial score (nSPS) is 13.6. The largest absolute Gasteiger partial charge is 0.309 e. The molecule has 2 rings (SSSR count). The van der Waals surface area contributed by atoms with E-state index in [1.54, 1.807) is 0 Å². The van der Waals surface area contributed by atoms with Gasteiger partial charge in [-0.3, -0.25) is 4.98 Å². The van der Waals surface area contributed by atoms with Crippen LogP contribution in [0.3, 0.4) is 0 Å². The molecule has 1 aromatic carbocycles. The minimum Gasteiger partial charge on any atom is -0.309 e. The van der Waals surface area contributed by atoms with Crippen LogP contribution >= 0.6 is 0 Å². The van der Waals surface area contributed by atoms with Gasteiger partial charge in [-0.05, 0) is 55.5 Å². The van der Waals surface area contributed by atoms with E-state index >= 15 is 0 Å². The van der Waals surface area contributed by atoms with E-state index in [1.165, 1.54) is 10.9 Å². The Morgan fingerprint density at radius 1 is 1.14 bits per heavy atom. The van der Waals surface area contributed by atoms with Crippen molar-refractivity contribution >= 4 is 10.9 Å². The molecule has 0 amide bonds. The summed E-state index contributed by atoms with van der Waals surface area (Å²) < 4.78 is 0. The van der Waals surface area contributed by atoms with Crippen LogP contribution in [0.1, 0.15) is 57.8 Å². The molecular formula is C19H28N2. The Morgan fingerprint density at radius 3 is 2.57 bits per heavy atom. The van der Waals surface area contributed by atoms with E-state index in [4.69, 9.17) is 0 Å². The molecule has 1 N–H and O–H groups in total. The second kappa shape index (κ2) is 6.57. The van der Waals surface area contributed by atoms with Crippen molar-refractivity contribution in [3.63, 3.8) is 0 Å². The van der Waals surface area contributed by atoms with Gasteiger partial charge in [0.1, 0.15) is 0 Å². The predicted octanol–water partition coefficient (Wildman–Crippen LogP) is 5.02. The van der Waals surface area contributed by atoms with Gasteiger partial charge in [0.15, 0.2) is 0 Å². The Bertz CT molecular complexity index is 602. The lowest BCUT2D eigenvalue weighted by molar-refractivity contribution is 0.235. The van der Waals surface area contributed by atoms with Crippen LogP contribution in [0, 0.1) is 12.3 Å². The standard InChI is InChI=1S/C19H28N2/c1-6-12-20-18(19(4,5)7-2)16-10-11-17-15(13-16)9-8-14(3)21-17/h8-11,13,18,20H,6-7,12H2,1-5H3. The number of nitrogens with one attached hydrogen (secondary N) is 1. The molecule has 114 valence electrons. The maximum Gasteiger partial charge on any atom is 0.0705 e. The van der Waals surface area contributed by atoms with Crippen molar-refractivity contribution < 1.29 is 0 Å². The zero-order valence-corrected chi connectivity index (χ0v) is 14.0. The minimum atomic E-state index is 0.237. The molecule has 1 aromatic heterocycles. The molecule has 1 unspecified atom stereocenters. The summed E-state index contributed by atoms with van der Waals surface area (Å²) in [5.74, 6) is 0. The highest BCUT2D eigenvalue weighted by molar-refractivity contribution is 5.79. The fourth-order valence-electron chi connectivity index (χ4n) is 2.76. The van der Waals surface area contributed by atoms with Crippen LogP contribution in [0.4, 0.5) is 0 Å². The van der Waals surface area contributed by atoms with Gasteiger partial charge in [-0.25, -0.2) is 0 Å². The van der Waals surface area contributed by atoms with E-state index in [0.717, 1.165) is 30.6 Å². The van der Waals surface area contributed by atoms with E-state index in [0.29, 0.717) is 6.04 Å². The molecule has 0 aliphatic carbocycles. The number of nitrogens with zero attached hydrogens (tertiary/aromatic N) is 1. The van der Waals surface area contributed by atoms with Gasteiger partial charge >= 0.3 is 0 Å². The van der Waals surface area contributed by atoms with Crippen LogP contribution in [0.25, 0.3) is 10.9 Å². The number of rotatable bonds is 6. The molecule has 2 heteroatoms. The summed E-state index contributed by atoms with van der Waals surface area (Å²) in [6.07, 6.45) is 2.31. The number of hydrogen-bond donors (Lipinski definition) is 1. The monoisotopic (exact) mass is 284 g/mol. The average molecular weight is 284 g/mol. The lowest BCUT2D eigenvalue weighted by Crippen LogP contribution is -2.34. The lowest BCUT2D eigenvalue weighted by atomic mass is 9.78. The predicted molar refractivity (Wildman–Crippen MR) is 91.6 cm³/mol. The Morgan fingerprint density at radius 2 is 1.90 bits per heavy atom. The molecule has 2 nitrogen and oxygen atoms in total. The molecule has 2 aromatic rings. The van der Waals surface area contributed by atoms with Crippen LogP contribution in [0.15, 0.2) is 30.3 Å². The average Bonchev–Trinajstić information content (AvgIpc) is 2.47. The van der Waals surface area contributed by atoms with Crippen molar-refractivity contribution in [3.8, 4) is 0 Å². The number of pyridine rings is 1. The molecule has 0 aliphatic rings. The Balaban J connectivity index is 2.41. The smallest absolute Gasteiger partial charge is 0.0705 e. The van der Waals surface area contributed by atoms with Gasteiger partial charge in [0.05, 0.1) is 5.52 Å². The molecule has 1 atom stereocenters. The first-order valence-corrected chi connectivity index (χ1v) is 8.08. The summed E-state index contributed by atoms with van der Waals surface area (Å²) in [4.78, 5) is 4.60. The summed E-state index contributed by atoms with van der Waals surface area (Å²) >= 11 is 0. The summed E-state index contributed by atoms with van der Waals surface area (Å²) in [5, 5.41) is 4.96. The number of hydrogen-bond acceptors (Lipinski definition) is 2. The van der Waals surface area contributed by atoms with E-state index in [9.17, 15) is 0 Å². The van der Waals surface area contributed by atoms with Gasteiger partial charge in [-0.1, -0.05) is 39.8 Å². The number of fused-ring (bicyclic) bond motifs is 1. The van der Waals surface area contributed by atoms with Crippen LogP contribution in [0.2, 0.25) is 0 Å². The highest BCUT2D eigenvalue weighted by Crippen LogP contribution is 2.37. The van der Waals surface area contributed by atoms with E-state index in [2.05, 4.69) is 68.3 Å². The highest BCUT2D eigenvalue weighted by Gasteiger charge is 2.28. The molecule has 0 bridgehead atoms. The number of aryl methyl sites for hydroxylation is 1. The van der Waals surface area contributed by atoms with Gasteiger partial charge < -0.3 is 5.32 Å². The summed E-state index contributed by atoms with van der Waals surface area (Å²) in [5.41, 5.74) is 3.77. The summed E-state index contributed by atoms with van der Waals surface area (Å²) in [7, 11) is 0. The van der Waals surface area contributed by atoms with Gasteiger partial charge in [0.25, 0.3) is 0 Å². The van der Waals surface area contributed by atoms with E-state index in [-0.39, 0.29) is 5.41 Å². The summed E-state index contributed by atoms with van der Waals surface area (Å²) in [6, 6.07) is 11.3. The van der Waals surface area contributed by atoms with E-state index in [1.807, 2.05) is 6.92 Å². The van der Waals surface area contributed by atoms with Crippen LogP contribution in [-0.4, -0.2) is 11.5 Å². The highest BCUT2D eigenvalue weighted by atomic mass is 14.9. The molecule has 0 spiro atoms. The first-order valence-electron chi connectivity index (χ1n) is 8.08. The number of benzene rings is 1. The SMILES string of the molecule is CCCNC(c1ccc2nc(C)ccc2c1)C(C)(C)CC. The van der Waals surface area contributed by atoms with Crippen molar-refractivity contribution in [3.05, 3.63) is 41.6 Å². The topological polar surface area (TPSA) is 24.9 Å². The van der Waals surface area contributed by atoms with Crippen molar-refractivity contribution in [1.82, 2.24) is 10.3 Å². The van der Waals surface area contributed by atoms with Crippen molar-refractivity contribution in [2.24, 2.45) is 5.41 Å². The molecule has 1 heterocycles. The third kappa shape index (κ3) is 3.62. The first-order chi connectivity index (χ1) is 9.97. The minimum absolute atomic E-state index is 0.237. The maximum atomic E-state index is 4.60. The Kier molecular flexibility index (Phi) is 5.00. The molecule has 0 radical (unpaired) electrons. The second-order valence-electron chi connectivity index (χ2n) is 6.63. The molecule has 0 saturated carbocycles. The van der Waals surface area contributed by atoms with Crippen molar-refractivity contribution in [1.29, 1.82) is 0 Å². The van der Waals surface area contributed by atoms with Gasteiger partial charge in [0.2, 0.25) is 0 Å². The third-order valence-electron chi connectivity index (χ3n) is 4.48. The molecule has 0 saturated heterocycles. The number of aromatic nitrogens is 1. The van der Waals surface area contributed by atoms with Gasteiger partial charge in [0, 0.05) is 17.1 Å². The van der Waals surface area contributed by atoms with E-state index < -0.39 is 0 Å². The van der Waals surface area contributed by atoms with Gasteiger partial charge in [-0.2, -0.15) is 0 Å². The molecular weight excluding hydrogens is 256 g/mol. The second-order valence-corrected chi connectivity index (χ2v) is 6.63. The zero-order chi connectivity index (χ0) is 15.5. The van der Waals surface area contributed by atoms with Crippen LogP contribution in [-0.2, 0) is 0 Å². The Labute approximate surface area is 129 Å². The summed E-state index contributed by atoms with van der Waals surface area (Å²) in [6.45, 7) is 12.3. The van der Waals surface area contributed by atoms with Crippen LogP contribution < -0.4 is 5.32 Å². The lowest BCUT2D eigenvalue weighted by Gasteiger charge is -2.35. The maximum absolute atomic E-state index is 4.60. The fraction of sp³-hybridized carbons (Fsp3) is 0.526. The van der Waals surface area contributed by atoms with Gasteiger partial charge in [-0.15, -0.1) is 0 Å². The third-order valence-corrected chi connectivity index (χ3v) is 4.48. The van der Waals surface area contributed by atoms with Crippen molar-refractivity contribution in [2.45, 2.75) is 53.5 Å². The zero-order valence-electron chi connectivity index (χ0n) is 14.0. The Hall–Kier alpha value is -1.41. The molecule has 0 fully saturated rings. The van der Waals surface area contributed by atoms with Crippen molar-refractivity contribution in [2.75, 3.05) is 6.54 Å². The fourth-order valence-corrected chi connectivity index (χ4v) is 2.76.